The lowest BCUT2D eigenvalue weighted by Gasteiger charge is -2.15. The summed E-state index contributed by atoms with van der Waals surface area (Å²) in [6.07, 6.45) is 7.70. The first kappa shape index (κ1) is 10.9. The minimum absolute atomic E-state index is 0.168. The van der Waals surface area contributed by atoms with Crippen molar-refractivity contribution >= 4 is 5.91 Å². The average molecular weight is 210 g/mol. The zero-order valence-electron chi connectivity index (χ0n) is 9.59. The summed E-state index contributed by atoms with van der Waals surface area (Å²) >= 11 is 0. The molecular weight excluding hydrogens is 188 g/mol. The van der Waals surface area contributed by atoms with Crippen molar-refractivity contribution in [1.82, 2.24) is 10.6 Å². The molecule has 2 saturated carbocycles. The molecular formula is C12H22N2O. The Hall–Kier alpha value is -0.570. The maximum absolute atomic E-state index is 11.6. The van der Waals surface area contributed by atoms with Gasteiger partial charge in [0.15, 0.2) is 0 Å². The van der Waals surface area contributed by atoms with E-state index >= 15 is 0 Å². The van der Waals surface area contributed by atoms with E-state index in [9.17, 15) is 4.79 Å². The molecule has 86 valence electrons. The van der Waals surface area contributed by atoms with E-state index in [1.807, 2.05) is 0 Å². The van der Waals surface area contributed by atoms with Crippen molar-refractivity contribution in [2.24, 2.45) is 5.92 Å². The fraction of sp³-hybridized carbons (Fsp3) is 0.917. The Morgan fingerprint density at radius 3 is 2.53 bits per heavy atom. The predicted molar refractivity (Wildman–Crippen MR) is 60.6 cm³/mol. The van der Waals surface area contributed by atoms with E-state index < -0.39 is 0 Å². The van der Waals surface area contributed by atoms with Crippen LogP contribution < -0.4 is 10.6 Å². The van der Waals surface area contributed by atoms with E-state index in [-0.39, 0.29) is 5.91 Å². The van der Waals surface area contributed by atoms with Crippen molar-refractivity contribution in [3.63, 3.8) is 0 Å². The SMILES string of the molecule is CC(NC(=O)CNC1CCCC1)C1CC1. The molecule has 1 atom stereocenters. The summed E-state index contributed by atoms with van der Waals surface area (Å²) < 4.78 is 0. The second-order valence-corrected chi connectivity index (χ2v) is 5.06. The molecule has 0 aromatic heterocycles. The van der Waals surface area contributed by atoms with E-state index in [1.165, 1.54) is 38.5 Å². The summed E-state index contributed by atoms with van der Waals surface area (Å²) in [5, 5.41) is 6.40. The van der Waals surface area contributed by atoms with E-state index in [2.05, 4.69) is 17.6 Å². The Labute approximate surface area is 92.0 Å². The van der Waals surface area contributed by atoms with E-state index in [1.54, 1.807) is 0 Å². The summed E-state index contributed by atoms with van der Waals surface area (Å²) in [5.74, 6) is 0.918. The number of hydrogen-bond donors (Lipinski definition) is 2. The van der Waals surface area contributed by atoms with Crippen molar-refractivity contribution in [1.29, 1.82) is 0 Å². The lowest BCUT2D eigenvalue weighted by atomic mass is 10.2. The van der Waals surface area contributed by atoms with Gasteiger partial charge in [-0.1, -0.05) is 12.8 Å². The molecule has 0 spiro atoms. The molecule has 0 aromatic rings. The molecule has 15 heavy (non-hydrogen) atoms. The average Bonchev–Trinajstić information content (AvgIpc) is 2.93. The van der Waals surface area contributed by atoms with Gasteiger partial charge in [0.25, 0.3) is 0 Å². The summed E-state index contributed by atoms with van der Waals surface area (Å²) in [5.41, 5.74) is 0. The Morgan fingerprint density at radius 2 is 1.93 bits per heavy atom. The lowest BCUT2D eigenvalue weighted by molar-refractivity contribution is -0.121. The van der Waals surface area contributed by atoms with Crippen LogP contribution in [0.1, 0.15) is 45.4 Å². The van der Waals surface area contributed by atoms with Gasteiger partial charge in [-0.05, 0) is 38.5 Å². The first-order valence-electron chi connectivity index (χ1n) is 6.28. The van der Waals surface area contributed by atoms with Gasteiger partial charge in [0.1, 0.15) is 0 Å². The maximum Gasteiger partial charge on any atom is 0.234 e. The van der Waals surface area contributed by atoms with Crippen molar-refractivity contribution < 1.29 is 4.79 Å². The van der Waals surface area contributed by atoms with Crippen molar-refractivity contribution in [2.45, 2.75) is 57.5 Å². The van der Waals surface area contributed by atoms with Crippen LogP contribution in [0.4, 0.5) is 0 Å². The number of carbonyl (C=O) groups excluding carboxylic acids is 1. The fourth-order valence-corrected chi connectivity index (χ4v) is 2.39. The van der Waals surface area contributed by atoms with Crippen LogP contribution >= 0.6 is 0 Å². The highest BCUT2D eigenvalue weighted by molar-refractivity contribution is 5.78. The third kappa shape index (κ3) is 3.49. The molecule has 0 bridgehead atoms. The van der Waals surface area contributed by atoms with Gasteiger partial charge in [-0.3, -0.25) is 4.79 Å². The van der Waals surface area contributed by atoms with Crippen LogP contribution in [-0.2, 0) is 4.79 Å². The summed E-state index contributed by atoms with van der Waals surface area (Å²) in [6.45, 7) is 2.62. The maximum atomic E-state index is 11.6. The standard InChI is InChI=1S/C12H22N2O/c1-9(10-6-7-10)14-12(15)8-13-11-4-2-3-5-11/h9-11,13H,2-8H2,1H3,(H,14,15). The first-order chi connectivity index (χ1) is 7.25. The van der Waals surface area contributed by atoms with E-state index in [4.69, 9.17) is 0 Å². The Balaban J connectivity index is 1.59. The summed E-state index contributed by atoms with van der Waals surface area (Å²) in [7, 11) is 0. The highest BCUT2D eigenvalue weighted by Crippen LogP contribution is 2.32. The van der Waals surface area contributed by atoms with Gasteiger partial charge in [-0.2, -0.15) is 0 Å². The lowest BCUT2D eigenvalue weighted by Crippen LogP contribution is -2.42. The zero-order valence-corrected chi connectivity index (χ0v) is 9.59. The van der Waals surface area contributed by atoms with Crippen LogP contribution in [0.5, 0.6) is 0 Å². The van der Waals surface area contributed by atoms with Gasteiger partial charge in [0.2, 0.25) is 5.91 Å². The molecule has 2 N–H and O–H groups in total. The van der Waals surface area contributed by atoms with Crippen LogP contribution in [0.3, 0.4) is 0 Å². The molecule has 0 aromatic carbocycles. The van der Waals surface area contributed by atoms with Crippen molar-refractivity contribution in [2.75, 3.05) is 6.54 Å². The Morgan fingerprint density at radius 1 is 1.27 bits per heavy atom. The van der Waals surface area contributed by atoms with Gasteiger partial charge in [0, 0.05) is 12.1 Å². The molecule has 2 aliphatic rings. The highest BCUT2D eigenvalue weighted by Gasteiger charge is 2.28. The number of amides is 1. The van der Waals surface area contributed by atoms with Gasteiger partial charge >= 0.3 is 0 Å². The molecule has 0 radical (unpaired) electrons. The number of rotatable bonds is 5. The molecule has 1 unspecified atom stereocenters. The Kier molecular flexibility index (Phi) is 3.62. The largest absolute Gasteiger partial charge is 0.352 e. The second kappa shape index (κ2) is 4.97. The van der Waals surface area contributed by atoms with Gasteiger partial charge in [-0.25, -0.2) is 0 Å². The molecule has 2 rings (SSSR count). The van der Waals surface area contributed by atoms with Crippen LogP contribution in [0.15, 0.2) is 0 Å². The first-order valence-corrected chi connectivity index (χ1v) is 6.28. The smallest absolute Gasteiger partial charge is 0.234 e. The minimum atomic E-state index is 0.168. The summed E-state index contributed by atoms with van der Waals surface area (Å²) in [6, 6.07) is 0.967. The van der Waals surface area contributed by atoms with Gasteiger partial charge in [-0.15, -0.1) is 0 Å². The number of carbonyl (C=O) groups is 1. The molecule has 0 heterocycles. The third-order valence-electron chi connectivity index (χ3n) is 3.62. The van der Waals surface area contributed by atoms with Crippen molar-refractivity contribution in [3.05, 3.63) is 0 Å². The zero-order chi connectivity index (χ0) is 10.7. The fourth-order valence-electron chi connectivity index (χ4n) is 2.39. The molecule has 2 fully saturated rings. The molecule has 2 aliphatic carbocycles. The van der Waals surface area contributed by atoms with E-state index in [0.29, 0.717) is 18.6 Å². The van der Waals surface area contributed by atoms with E-state index in [0.717, 1.165) is 5.92 Å². The molecule has 0 saturated heterocycles. The molecule has 0 aliphatic heterocycles. The van der Waals surface area contributed by atoms with Crippen molar-refractivity contribution in [3.8, 4) is 0 Å². The molecule has 3 heteroatoms. The monoisotopic (exact) mass is 210 g/mol. The van der Waals surface area contributed by atoms with Crippen LogP contribution in [0, 0.1) is 5.92 Å². The molecule has 1 amide bonds. The predicted octanol–water partition coefficient (Wildman–Crippen LogP) is 1.43. The number of hydrogen-bond acceptors (Lipinski definition) is 2. The Bertz CT molecular complexity index is 220. The van der Waals surface area contributed by atoms with Crippen LogP contribution in [0.2, 0.25) is 0 Å². The minimum Gasteiger partial charge on any atom is -0.352 e. The van der Waals surface area contributed by atoms with Gasteiger partial charge < -0.3 is 10.6 Å². The van der Waals surface area contributed by atoms with Gasteiger partial charge in [0.05, 0.1) is 6.54 Å². The highest BCUT2D eigenvalue weighted by atomic mass is 16.1. The third-order valence-corrected chi connectivity index (χ3v) is 3.62. The molecule has 3 nitrogen and oxygen atoms in total. The second-order valence-electron chi connectivity index (χ2n) is 5.06. The number of nitrogens with one attached hydrogen (secondary N) is 2. The normalized spacial score (nSPS) is 24.1. The summed E-state index contributed by atoms with van der Waals surface area (Å²) in [4.78, 5) is 11.6. The van der Waals surface area contributed by atoms with Crippen LogP contribution in [0.25, 0.3) is 0 Å². The van der Waals surface area contributed by atoms with Crippen LogP contribution in [-0.4, -0.2) is 24.5 Å². The quantitative estimate of drug-likeness (QED) is 0.721. The topological polar surface area (TPSA) is 41.1 Å².